The summed E-state index contributed by atoms with van der Waals surface area (Å²) in [6, 6.07) is 0.613. The van der Waals surface area contributed by atoms with Crippen molar-refractivity contribution in [1.82, 2.24) is 5.32 Å². The van der Waals surface area contributed by atoms with E-state index < -0.39 is 10.8 Å². The molecule has 3 unspecified atom stereocenters. The van der Waals surface area contributed by atoms with Crippen LogP contribution in [0.5, 0.6) is 0 Å². The first-order valence-corrected chi connectivity index (χ1v) is 7.62. The van der Waals surface area contributed by atoms with Gasteiger partial charge in [0.05, 0.1) is 0 Å². The van der Waals surface area contributed by atoms with Crippen molar-refractivity contribution in [3.8, 4) is 0 Å². The number of hydrogen-bond donors (Lipinski definition) is 1. The summed E-state index contributed by atoms with van der Waals surface area (Å²) in [6.07, 6.45) is 4.80. The van der Waals surface area contributed by atoms with Gasteiger partial charge in [-0.1, -0.05) is 27.2 Å². The molecule has 3 heteroatoms. The first kappa shape index (κ1) is 13.2. The van der Waals surface area contributed by atoms with Gasteiger partial charge in [-0.05, 0) is 31.7 Å². The van der Waals surface area contributed by atoms with Crippen LogP contribution >= 0.6 is 0 Å². The van der Waals surface area contributed by atoms with Gasteiger partial charge in [-0.15, -0.1) is 0 Å². The zero-order chi connectivity index (χ0) is 11.3. The molecule has 1 aliphatic rings. The summed E-state index contributed by atoms with van der Waals surface area (Å²) in [4.78, 5) is 0. The Bertz CT molecular complexity index is 206. The van der Waals surface area contributed by atoms with Crippen molar-refractivity contribution in [3.05, 3.63) is 0 Å². The minimum Gasteiger partial charge on any atom is -0.314 e. The van der Waals surface area contributed by atoms with E-state index in [4.69, 9.17) is 0 Å². The lowest BCUT2D eigenvalue weighted by atomic mass is 9.94. The zero-order valence-corrected chi connectivity index (χ0v) is 11.1. The van der Waals surface area contributed by atoms with Gasteiger partial charge in [0.15, 0.2) is 0 Å². The SMILES string of the molecule is CCS(=O)C1CCCC(NCC(C)C)C1. The van der Waals surface area contributed by atoms with Crippen LogP contribution in [-0.2, 0) is 10.8 Å². The Hall–Kier alpha value is 0.110. The van der Waals surface area contributed by atoms with E-state index in [1.807, 2.05) is 6.92 Å². The van der Waals surface area contributed by atoms with Gasteiger partial charge < -0.3 is 5.32 Å². The Morgan fingerprint density at radius 3 is 2.73 bits per heavy atom. The highest BCUT2D eigenvalue weighted by Gasteiger charge is 2.24. The third kappa shape index (κ3) is 4.64. The van der Waals surface area contributed by atoms with Gasteiger partial charge in [0.2, 0.25) is 0 Å². The summed E-state index contributed by atoms with van der Waals surface area (Å²) in [7, 11) is -0.588. The summed E-state index contributed by atoms with van der Waals surface area (Å²) in [5, 5.41) is 4.05. The van der Waals surface area contributed by atoms with Crippen LogP contribution in [0, 0.1) is 5.92 Å². The van der Waals surface area contributed by atoms with E-state index in [2.05, 4.69) is 19.2 Å². The molecule has 0 aromatic rings. The number of rotatable bonds is 5. The van der Waals surface area contributed by atoms with Crippen LogP contribution < -0.4 is 5.32 Å². The van der Waals surface area contributed by atoms with Crippen LogP contribution in [0.2, 0.25) is 0 Å². The van der Waals surface area contributed by atoms with Crippen molar-refractivity contribution in [3.63, 3.8) is 0 Å². The molecule has 0 aromatic heterocycles. The second-order valence-electron chi connectivity index (χ2n) is 4.96. The Kier molecular flexibility index (Phi) is 5.83. The first-order valence-electron chi connectivity index (χ1n) is 6.24. The highest BCUT2D eigenvalue weighted by atomic mass is 32.2. The van der Waals surface area contributed by atoms with Crippen molar-refractivity contribution >= 4 is 10.8 Å². The van der Waals surface area contributed by atoms with Crippen molar-refractivity contribution in [2.75, 3.05) is 12.3 Å². The number of nitrogens with one attached hydrogen (secondary N) is 1. The zero-order valence-electron chi connectivity index (χ0n) is 10.3. The summed E-state index contributed by atoms with van der Waals surface area (Å²) in [5.74, 6) is 1.53. The quantitative estimate of drug-likeness (QED) is 0.787. The Morgan fingerprint density at radius 1 is 1.40 bits per heavy atom. The first-order chi connectivity index (χ1) is 7.13. The molecule has 0 aromatic carbocycles. The average molecular weight is 231 g/mol. The minimum atomic E-state index is -0.588. The molecule has 1 rings (SSSR count). The fourth-order valence-electron chi connectivity index (χ4n) is 2.21. The maximum absolute atomic E-state index is 11.7. The fraction of sp³-hybridized carbons (Fsp3) is 1.00. The molecule has 3 atom stereocenters. The molecule has 0 heterocycles. The molecule has 0 saturated heterocycles. The largest absolute Gasteiger partial charge is 0.314 e. The lowest BCUT2D eigenvalue weighted by molar-refractivity contribution is 0.361. The highest BCUT2D eigenvalue weighted by Crippen LogP contribution is 2.23. The van der Waals surface area contributed by atoms with E-state index in [0.29, 0.717) is 17.2 Å². The molecule has 1 fully saturated rings. The molecule has 0 bridgehead atoms. The topological polar surface area (TPSA) is 29.1 Å². The molecule has 0 amide bonds. The van der Waals surface area contributed by atoms with Crippen LogP contribution in [0.4, 0.5) is 0 Å². The molecule has 0 radical (unpaired) electrons. The van der Waals surface area contributed by atoms with Crippen LogP contribution in [0.1, 0.15) is 46.5 Å². The van der Waals surface area contributed by atoms with E-state index in [9.17, 15) is 4.21 Å². The summed E-state index contributed by atoms with van der Waals surface area (Å²) in [5.41, 5.74) is 0. The number of hydrogen-bond acceptors (Lipinski definition) is 2. The van der Waals surface area contributed by atoms with Crippen LogP contribution in [0.25, 0.3) is 0 Å². The maximum atomic E-state index is 11.7. The van der Waals surface area contributed by atoms with Gasteiger partial charge in [0, 0.05) is 27.8 Å². The molecule has 90 valence electrons. The third-order valence-electron chi connectivity index (χ3n) is 3.10. The molecule has 0 aliphatic heterocycles. The Balaban J connectivity index is 2.32. The average Bonchev–Trinajstić information content (AvgIpc) is 2.25. The van der Waals surface area contributed by atoms with Crippen molar-refractivity contribution in [1.29, 1.82) is 0 Å². The minimum absolute atomic E-state index is 0.452. The molecule has 1 saturated carbocycles. The van der Waals surface area contributed by atoms with Crippen LogP contribution in [-0.4, -0.2) is 27.8 Å². The molecule has 2 nitrogen and oxygen atoms in total. The van der Waals surface area contributed by atoms with E-state index in [-0.39, 0.29) is 0 Å². The normalized spacial score (nSPS) is 29.3. The van der Waals surface area contributed by atoms with Crippen LogP contribution in [0.3, 0.4) is 0 Å². The van der Waals surface area contributed by atoms with Gasteiger partial charge in [-0.2, -0.15) is 0 Å². The monoisotopic (exact) mass is 231 g/mol. The molecule has 1 aliphatic carbocycles. The third-order valence-corrected chi connectivity index (χ3v) is 4.84. The summed E-state index contributed by atoms with van der Waals surface area (Å²) < 4.78 is 11.7. The van der Waals surface area contributed by atoms with E-state index in [1.54, 1.807) is 0 Å². The van der Waals surface area contributed by atoms with Gasteiger partial charge in [0.25, 0.3) is 0 Å². The lowest BCUT2D eigenvalue weighted by Crippen LogP contribution is -2.39. The summed E-state index contributed by atoms with van der Waals surface area (Å²) in [6.45, 7) is 7.59. The standard InChI is InChI=1S/C12H25NOS/c1-4-15(14)12-7-5-6-11(8-12)13-9-10(2)3/h10-13H,4-9H2,1-3H3. The smallest absolute Gasteiger partial charge is 0.0362 e. The van der Waals surface area contributed by atoms with Gasteiger partial charge >= 0.3 is 0 Å². The van der Waals surface area contributed by atoms with Crippen LogP contribution in [0.15, 0.2) is 0 Å². The lowest BCUT2D eigenvalue weighted by Gasteiger charge is -2.29. The highest BCUT2D eigenvalue weighted by molar-refractivity contribution is 7.85. The second-order valence-corrected chi connectivity index (χ2v) is 6.96. The Labute approximate surface area is 96.7 Å². The van der Waals surface area contributed by atoms with E-state index in [0.717, 1.165) is 18.7 Å². The Morgan fingerprint density at radius 2 is 2.13 bits per heavy atom. The molecular formula is C12H25NOS. The van der Waals surface area contributed by atoms with Crippen molar-refractivity contribution < 1.29 is 4.21 Å². The van der Waals surface area contributed by atoms with Gasteiger partial charge in [-0.25, -0.2) is 0 Å². The fourth-order valence-corrected chi connectivity index (χ4v) is 3.56. The second kappa shape index (κ2) is 6.64. The molecular weight excluding hydrogens is 206 g/mol. The van der Waals surface area contributed by atoms with E-state index >= 15 is 0 Å². The predicted molar refractivity (Wildman–Crippen MR) is 67.6 cm³/mol. The van der Waals surface area contributed by atoms with Gasteiger partial charge in [0.1, 0.15) is 0 Å². The molecule has 15 heavy (non-hydrogen) atoms. The summed E-state index contributed by atoms with van der Waals surface area (Å²) >= 11 is 0. The van der Waals surface area contributed by atoms with Crippen molar-refractivity contribution in [2.45, 2.75) is 57.7 Å². The molecule has 0 spiro atoms. The predicted octanol–water partition coefficient (Wildman–Crippen LogP) is 2.31. The van der Waals surface area contributed by atoms with Crippen molar-refractivity contribution in [2.24, 2.45) is 5.92 Å². The van der Waals surface area contributed by atoms with E-state index in [1.165, 1.54) is 19.3 Å². The maximum Gasteiger partial charge on any atom is 0.0362 e. The molecule has 1 N–H and O–H groups in total. The van der Waals surface area contributed by atoms with Gasteiger partial charge in [-0.3, -0.25) is 4.21 Å².